The van der Waals surface area contributed by atoms with Gasteiger partial charge in [-0.15, -0.1) is 0 Å². The number of pyridine rings is 1. The maximum Gasteiger partial charge on any atom is 0.228 e. The van der Waals surface area contributed by atoms with E-state index in [2.05, 4.69) is 10.3 Å². The number of nitrogens with one attached hydrogen (secondary N) is 1. The maximum absolute atomic E-state index is 12.0. The van der Waals surface area contributed by atoms with Crippen molar-refractivity contribution in [1.29, 1.82) is 0 Å². The second kappa shape index (κ2) is 6.30. The third-order valence-corrected chi connectivity index (χ3v) is 3.12. The molecule has 0 spiro atoms. The predicted molar refractivity (Wildman–Crippen MR) is 80.4 cm³/mol. The van der Waals surface area contributed by atoms with Crippen LogP contribution in [0.15, 0.2) is 36.4 Å². The number of carbonyl (C=O) groups excluding carboxylic acids is 1. The minimum Gasteiger partial charge on any atom is -0.326 e. The average Bonchev–Trinajstić information content (AvgIpc) is 2.43. The van der Waals surface area contributed by atoms with Crippen molar-refractivity contribution in [2.24, 2.45) is 5.73 Å². The number of nitrogens with zero attached hydrogens (tertiary/aromatic N) is 1. The fourth-order valence-electron chi connectivity index (χ4n) is 1.99. The van der Waals surface area contributed by atoms with Gasteiger partial charge in [0.25, 0.3) is 0 Å². The average molecular weight is 269 g/mol. The van der Waals surface area contributed by atoms with E-state index in [0.29, 0.717) is 13.0 Å². The molecule has 2 rings (SSSR count). The first-order valence-corrected chi connectivity index (χ1v) is 6.60. The van der Waals surface area contributed by atoms with Crippen molar-refractivity contribution in [3.8, 4) is 0 Å². The Morgan fingerprint density at radius 2 is 1.75 bits per heavy atom. The summed E-state index contributed by atoms with van der Waals surface area (Å²) in [6.45, 7) is 4.33. The van der Waals surface area contributed by atoms with Gasteiger partial charge in [0, 0.05) is 12.2 Å². The number of aromatic nitrogens is 1. The molecule has 104 valence electrons. The Labute approximate surface area is 119 Å². The smallest absolute Gasteiger partial charge is 0.228 e. The van der Waals surface area contributed by atoms with Crippen LogP contribution < -0.4 is 11.1 Å². The lowest BCUT2D eigenvalue weighted by Crippen LogP contribution is -2.15. The van der Waals surface area contributed by atoms with Gasteiger partial charge in [0.2, 0.25) is 5.91 Å². The quantitative estimate of drug-likeness (QED) is 0.895. The lowest BCUT2D eigenvalue weighted by atomic mass is 10.1. The monoisotopic (exact) mass is 269 g/mol. The third-order valence-electron chi connectivity index (χ3n) is 3.12. The first-order valence-electron chi connectivity index (χ1n) is 6.60. The Balaban J connectivity index is 2.01. The minimum absolute atomic E-state index is 0.0424. The number of nitrogens with two attached hydrogens (primary N) is 1. The summed E-state index contributed by atoms with van der Waals surface area (Å²) in [6.07, 6.45) is 0.345. The highest BCUT2D eigenvalue weighted by Gasteiger charge is 2.07. The Kier molecular flexibility index (Phi) is 4.48. The standard InChI is InChI=1S/C16H19N3O/c1-11-3-8-15(12(2)18-11)19-16(20)9-13-4-6-14(10-17)7-5-13/h3-8H,9-10,17H2,1-2H3,(H,19,20). The molecule has 1 aromatic heterocycles. The molecule has 0 aliphatic rings. The fraction of sp³-hybridized carbons (Fsp3) is 0.250. The molecule has 1 amide bonds. The third kappa shape index (κ3) is 3.65. The molecule has 2 aromatic rings. The molecule has 0 radical (unpaired) electrons. The Hall–Kier alpha value is -2.20. The summed E-state index contributed by atoms with van der Waals surface area (Å²) in [5.74, 6) is -0.0424. The SMILES string of the molecule is Cc1ccc(NC(=O)Cc2ccc(CN)cc2)c(C)n1. The van der Waals surface area contributed by atoms with E-state index in [4.69, 9.17) is 5.73 Å². The number of benzene rings is 1. The summed E-state index contributed by atoms with van der Waals surface area (Å²) < 4.78 is 0. The van der Waals surface area contributed by atoms with Gasteiger partial charge in [-0.3, -0.25) is 9.78 Å². The van der Waals surface area contributed by atoms with Crippen LogP contribution in [0.1, 0.15) is 22.5 Å². The zero-order chi connectivity index (χ0) is 14.5. The summed E-state index contributed by atoms with van der Waals surface area (Å²) in [5.41, 5.74) is 10.1. The van der Waals surface area contributed by atoms with E-state index in [1.165, 1.54) is 0 Å². The lowest BCUT2D eigenvalue weighted by molar-refractivity contribution is -0.115. The predicted octanol–water partition coefficient (Wildman–Crippen LogP) is 2.34. The molecule has 0 unspecified atom stereocenters. The molecule has 0 fully saturated rings. The van der Waals surface area contributed by atoms with Gasteiger partial charge in [-0.25, -0.2) is 0 Å². The van der Waals surface area contributed by atoms with Crippen LogP contribution in [0.3, 0.4) is 0 Å². The first kappa shape index (κ1) is 14.2. The zero-order valence-corrected chi connectivity index (χ0v) is 11.8. The van der Waals surface area contributed by atoms with Crippen molar-refractivity contribution in [1.82, 2.24) is 4.98 Å². The number of amides is 1. The minimum atomic E-state index is -0.0424. The van der Waals surface area contributed by atoms with Gasteiger partial charge >= 0.3 is 0 Å². The van der Waals surface area contributed by atoms with Crippen LogP contribution in [-0.4, -0.2) is 10.9 Å². The molecular formula is C16H19N3O. The molecule has 0 saturated carbocycles. The van der Waals surface area contributed by atoms with Gasteiger partial charge in [0.1, 0.15) is 0 Å². The molecule has 1 aromatic carbocycles. The van der Waals surface area contributed by atoms with Gasteiger partial charge in [-0.1, -0.05) is 24.3 Å². The summed E-state index contributed by atoms with van der Waals surface area (Å²) in [4.78, 5) is 16.3. The Morgan fingerprint density at radius 3 is 2.35 bits per heavy atom. The van der Waals surface area contributed by atoms with Gasteiger partial charge in [0.05, 0.1) is 17.8 Å². The van der Waals surface area contributed by atoms with Crippen LogP contribution in [0.4, 0.5) is 5.69 Å². The zero-order valence-electron chi connectivity index (χ0n) is 11.8. The van der Waals surface area contributed by atoms with E-state index in [0.717, 1.165) is 28.2 Å². The van der Waals surface area contributed by atoms with Crippen molar-refractivity contribution in [3.63, 3.8) is 0 Å². The highest BCUT2D eigenvalue weighted by atomic mass is 16.1. The van der Waals surface area contributed by atoms with E-state index in [1.54, 1.807) is 0 Å². The summed E-state index contributed by atoms with van der Waals surface area (Å²) in [7, 11) is 0. The van der Waals surface area contributed by atoms with Crippen LogP contribution in [0.25, 0.3) is 0 Å². The number of rotatable bonds is 4. The largest absolute Gasteiger partial charge is 0.326 e. The van der Waals surface area contributed by atoms with Crippen molar-refractivity contribution >= 4 is 11.6 Å². The van der Waals surface area contributed by atoms with E-state index < -0.39 is 0 Å². The van der Waals surface area contributed by atoms with Crippen LogP contribution in [0, 0.1) is 13.8 Å². The fourth-order valence-corrected chi connectivity index (χ4v) is 1.99. The van der Waals surface area contributed by atoms with Gasteiger partial charge < -0.3 is 11.1 Å². The molecule has 3 N–H and O–H groups in total. The summed E-state index contributed by atoms with van der Waals surface area (Å²) in [6, 6.07) is 11.5. The van der Waals surface area contributed by atoms with Gasteiger partial charge in [-0.2, -0.15) is 0 Å². The number of hydrogen-bond acceptors (Lipinski definition) is 3. The lowest BCUT2D eigenvalue weighted by Gasteiger charge is -2.08. The summed E-state index contributed by atoms with van der Waals surface area (Å²) in [5, 5.41) is 2.89. The molecule has 0 aliphatic heterocycles. The molecule has 4 heteroatoms. The van der Waals surface area contributed by atoms with Crippen LogP contribution in [-0.2, 0) is 17.8 Å². The molecule has 4 nitrogen and oxygen atoms in total. The van der Waals surface area contributed by atoms with Crippen molar-refractivity contribution in [2.45, 2.75) is 26.8 Å². The second-order valence-corrected chi connectivity index (χ2v) is 4.83. The van der Waals surface area contributed by atoms with Crippen LogP contribution in [0.2, 0.25) is 0 Å². The molecule has 0 atom stereocenters. The molecular weight excluding hydrogens is 250 g/mol. The Morgan fingerprint density at radius 1 is 1.10 bits per heavy atom. The van der Waals surface area contributed by atoms with E-state index in [1.807, 2.05) is 50.2 Å². The van der Waals surface area contributed by atoms with Crippen LogP contribution >= 0.6 is 0 Å². The normalized spacial score (nSPS) is 10.3. The highest BCUT2D eigenvalue weighted by Crippen LogP contribution is 2.13. The van der Waals surface area contributed by atoms with E-state index in [9.17, 15) is 4.79 Å². The van der Waals surface area contributed by atoms with Crippen molar-refractivity contribution in [2.75, 3.05) is 5.32 Å². The van der Waals surface area contributed by atoms with E-state index in [-0.39, 0.29) is 5.91 Å². The number of carbonyl (C=O) groups is 1. The molecule has 0 saturated heterocycles. The molecule has 20 heavy (non-hydrogen) atoms. The number of anilines is 1. The Bertz CT molecular complexity index is 606. The van der Waals surface area contributed by atoms with E-state index >= 15 is 0 Å². The maximum atomic E-state index is 12.0. The highest BCUT2D eigenvalue weighted by molar-refractivity contribution is 5.92. The van der Waals surface area contributed by atoms with Crippen molar-refractivity contribution < 1.29 is 4.79 Å². The summed E-state index contributed by atoms with van der Waals surface area (Å²) >= 11 is 0. The van der Waals surface area contributed by atoms with Gasteiger partial charge in [0.15, 0.2) is 0 Å². The van der Waals surface area contributed by atoms with Crippen molar-refractivity contribution in [3.05, 3.63) is 58.9 Å². The molecule has 0 bridgehead atoms. The van der Waals surface area contributed by atoms with Gasteiger partial charge in [-0.05, 0) is 37.1 Å². The number of hydrogen-bond donors (Lipinski definition) is 2. The second-order valence-electron chi connectivity index (χ2n) is 4.83. The molecule has 1 heterocycles. The molecule has 0 aliphatic carbocycles. The van der Waals surface area contributed by atoms with Crippen LogP contribution in [0.5, 0.6) is 0 Å². The first-order chi connectivity index (χ1) is 9.58. The topological polar surface area (TPSA) is 68.0 Å². The number of aryl methyl sites for hydroxylation is 2.